The van der Waals surface area contributed by atoms with Crippen LogP contribution in [0, 0.1) is 0 Å². The van der Waals surface area contributed by atoms with Crippen LogP contribution >= 0.6 is 0 Å². The van der Waals surface area contributed by atoms with Crippen molar-refractivity contribution >= 4 is 5.91 Å². The third kappa shape index (κ3) is 2.79. The van der Waals surface area contributed by atoms with Gasteiger partial charge in [-0.1, -0.05) is 0 Å². The minimum Gasteiger partial charge on any atom is -0.481 e. The highest BCUT2D eigenvalue weighted by Crippen LogP contribution is 2.26. The van der Waals surface area contributed by atoms with Crippen LogP contribution in [0.15, 0.2) is 24.7 Å². The number of methoxy groups -OCH3 is 1. The lowest BCUT2D eigenvalue weighted by Crippen LogP contribution is -2.38. The number of aromatic nitrogens is 4. The molecule has 0 aromatic carbocycles. The van der Waals surface area contributed by atoms with E-state index >= 15 is 0 Å². The Hall–Kier alpha value is -2.44. The normalized spacial score (nSPS) is 15.8. The summed E-state index contributed by atoms with van der Waals surface area (Å²) in [5, 5.41) is 8.10. The summed E-state index contributed by atoms with van der Waals surface area (Å²) in [4.78, 5) is 18.4. The van der Waals surface area contributed by atoms with Gasteiger partial charge in [0.05, 0.1) is 12.7 Å². The molecule has 1 fully saturated rings. The van der Waals surface area contributed by atoms with Gasteiger partial charge in [0.15, 0.2) is 0 Å². The maximum atomic E-state index is 12.5. The van der Waals surface area contributed by atoms with Crippen LogP contribution < -0.4 is 4.74 Å². The molecule has 7 heteroatoms. The Labute approximate surface area is 128 Å². The molecule has 1 saturated heterocycles. The molecule has 116 valence electrons. The van der Waals surface area contributed by atoms with Gasteiger partial charge in [0, 0.05) is 38.3 Å². The minimum atomic E-state index is 0.0200. The predicted octanol–water partition coefficient (Wildman–Crippen LogP) is 1.24. The second-order valence-corrected chi connectivity index (χ2v) is 5.46. The summed E-state index contributed by atoms with van der Waals surface area (Å²) in [6, 6.07) is 3.46. The first-order valence-corrected chi connectivity index (χ1v) is 7.32. The van der Waals surface area contributed by atoms with Gasteiger partial charge < -0.3 is 14.2 Å². The van der Waals surface area contributed by atoms with Gasteiger partial charge in [0.2, 0.25) is 5.88 Å². The maximum Gasteiger partial charge on any atom is 0.255 e. The summed E-state index contributed by atoms with van der Waals surface area (Å²) >= 11 is 0. The van der Waals surface area contributed by atoms with Gasteiger partial charge in [-0.25, -0.2) is 4.98 Å². The fourth-order valence-corrected chi connectivity index (χ4v) is 2.81. The van der Waals surface area contributed by atoms with Crippen LogP contribution in [-0.2, 0) is 7.05 Å². The van der Waals surface area contributed by atoms with Gasteiger partial charge in [-0.2, -0.15) is 0 Å². The predicted molar refractivity (Wildman–Crippen MR) is 79.7 cm³/mol. The Morgan fingerprint density at radius 1 is 1.32 bits per heavy atom. The summed E-state index contributed by atoms with van der Waals surface area (Å²) in [7, 11) is 3.51. The molecular formula is C15H19N5O2. The number of aryl methyl sites for hydroxylation is 1. The van der Waals surface area contributed by atoms with Crippen LogP contribution in [0.25, 0.3) is 0 Å². The Kier molecular flexibility index (Phi) is 4.04. The largest absolute Gasteiger partial charge is 0.481 e. The molecule has 3 rings (SSSR count). The highest BCUT2D eigenvalue weighted by atomic mass is 16.5. The van der Waals surface area contributed by atoms with E-state index in [4.69, 9.17) is 4.74 Å². The van der Waals surface area contributed by atoms with E-state index in [0.29, 0.717) is 17.4 Å². The lowest BCUT2D eigenvalue weighted by Gasteiger charge is -2.31. The van der Waals surface area contributed by atoms with E-state index in [1.807, 2.05) is 16.5 Å². The fourth-order valence-electron chi connectivity index (χ4n) is 2.81. The Balaban J connectivity index is 1.63. The molecule has 1 aliphatic heterocycles. The molecular weight excluding hydrogens is 282 g/mol. The molecule has 0 spiro atoms. The molecule has 0 atom stereocenters. The molecule has 0 radical (unpaired) electrons. The van der Waals surface area contributed by atoms with Crippen LogP contribution in [-0.4, -0.2) is 50.8 Å². The molecule has 0 aliphatic carbocycles. The van der Waals surface area contributed by atoms with E-state index in [0.717, 1.165) is 31.8 Å². The molecule has 0 saturated carbocycles. The van der Waals surface area contributed by atoms with Crippen molar-refractivity contribution in [1.29, 1.82) is 0 Å². The molecule has 1 amide bonds. The molecule has 3 heterocycles. The lowest BCUT2D eigenvalue weighted by molar-refractivity contribution is 0.0710. The monoisotopic (exact) mass is 301 g/mol. The van der Waals surface area contributed by atoms with Crippen LogP contribution in [0.1, 0.15) is 34.9 Å². The van der Waals surface area contributed by atoms with E-state index in [2.05, 4.69) is 15.2 Å². The Morgan fingerprint density at radius 2 is 2.09 bits per heavy atom. The number of ether oxygens (including phenoxy) is 1. The number of hydrogen-bond donors (Lipinski definition) is 0. The number of amides is 1. The summed E-state index contributed by atoms with van der Waals surface area (Å²) < 4.78 is 6.96. The van der Waals surface area contributed by atoms with Gasteiger partial charge in [0.1, 0.15) is 12.2 Å². The maximum absolute atomic E-state index is 12.5. The number of hydrogen-bond acceptors (Lipinski definition) is 5. The molecule has 0 bridgehead atoms. The first-order chi connectivity index (χ1) is 10.7. The second-order valence-electron chi connectivity index (χ2n) is 5.46. The van der Waals surface area contributed by atoms with Crippen LogP contribution in [0.5, 0.6) is 5.88 Å². The molecule has 1 aliphatic rings. The summed E-state index contributed by atoms with van der Waals surface area (Å²) in [5.41, 5.74) is 0.595. The van der Waals surface area contributed by atoms with Gasteiger partial charge in [-0.05, 0) is 18.9 Å². The van der Waals surface area contributed by atoms with E-state index in [1.165, 1.54) is 0 Å². The minimum absolute atomic E-state index is 0.0200. The number of piperidine rings is 1. The number of nitrogens with zero attached hydrogens (tertiary/aromatic N) is 5. The first-order valence-electron chi connectivity index (χ1n) is 7.32. The fraction of sp³-hybridized carbons (Fsp3) is 0.467. The standard InChI is InChI=1S/C15H19N5O2/c1-19-10-17-18-14(19)11-5-7-20(8-6-11)15(21)12-3-4-13(22-2)16-9-12/h3-4,9-11H,5-8H2,1-2H3. The van der Waals surface area contributed by atoms with Crippen molar-refractivity contribution in [2.45, 2.75) is 18.8 Å². The zero-order chi connectivity index (χ0) is 15.5. The highest BCUT2D eigenvalue weighted by Gasteiger charge is 2.27. The van der Waals surface area contributed by atoms with Crippen molar-refractivity contribution < 1.29 is 9.53 Å². The molecule has 22 heavy (non-hydrogen) atoms. The van der Waals surface area contributed by atoms with E-state index in [9.17, 15) is 4.79 Å². The molecule has 2 aromatic heterocycles. The Bertz CT molecular complexity index is 644. The zero-order valence-electron chi connectivity index (χ0n) is 12.8. The number of likely N-dealkylation sites (tertiary alicyclic amines) is 1. The van der Waals surface area contributed by atoms with E-state index < -0.39 is 0 Å². The first kappa shape index (κ1) is 14.5. The molecule has 0 unspecified atom stereocenters. The van der Waals surface area contributed by atoms with Crippen molar-refractivity contribution in [2.24, 2.45) is 7.05 Å². The zero-order valence-corrected chi connectivity index (χ0v) is 12.8. The third-order valence-corrected chi connectivity index (χ3v) is 4.09. The van der Waals surface area contributed by atoms with Crippen LogP contribution in [0.3, 0.4) is 0 Å². The van der Waals surface area contributed by atoms with Gasteiger partial charge in [-0.15, -0.1) is 10.2 Å². The van der Waals surface area contributed by atoms with Crippen LogP contribution in [0.4, 0.5) is 0 Å². The highest BCUT2D eigenvalue weighted by molar-refractivity contribution is 5.94. The average molecular weight is 301 g/mol. The Morgan fingerprint density at radius 3 is 2.64 bits per heavy atom. The summed E-state index contributed by atoms with van der Waals surface area (Å²) in [5.74, 6) is 1.90. The summed E-state index contributed by atoms with van der Waals surface area (Å²) in [6.07, 6.45) is 5.09. The molecule has 2 aromatic rings. The van der Waals surface area contributed by atoms with Gasteiger partial charge in [0.25, 0.3) is 5.91 Å². The van der Waals surface area contributed by atoms with E-state index in [-0.39, 0.29) is 5.91 Å². The summed E-state index contributed by atoms with van der Waals surface area (Å²) in [6.45, 7) is 1.45. The number of pyridine rings is 1. The van der Waals surface area contributed by atoms with E-state index in [1.54, 1.807) is 31.8 Å². The smallest absolute Gasteiger partial charge is 0.255 e. The van der Waals surface area contributed by atoms with Crippen LogP contribution in [0.2, 0.25) is 0 Å². The van der Waals surface area contributed by atoms with Gasteiger partial charge in [-0.3, -0.25) is 4.79 Å². The number of carbonyl (C=O) groups excluding carboxylic acids is 1. The third-order valence-electron chi connectivity index (χ3n) is 4.09. The van der Waals surface area contributed by atoms with Crippen molar-refractivity contribution in [3.63, 3.8) is 0 Å². The lowest BCUT2D eigenvalue weighted by atomic mass is 9.95. The molecule has 0 N–H and O–H groups in total. The van der Waals surface area contributed by atoms with Crippen molar-refractivity contribution in [2.75, 3.05) is 20.2 Å². The van der Waals surface area contributed by atoms with Crippen molar-refractivity contribution in [1.82, 2.24) is 24.6 Å². The van der Waals surface area contributed by atoms with Gasteiger partial charge >= 0.3 is 0 Å². The quantitative estimate of drug-likeness (QED) is 0.853. The topological polar surface area (TPSA) is 73.1 Å². The number of rotatable bonds is 3. The SMILES string of the molecule is COc1ccc(C(=O)N2CCC(c3nncn3C)CC2)cn1. The van der Waals surface area contributed by atoms with Crippen molar-refractivity contribution in [3.05, 3.63) is 36.0 Å². The van der Waals surface area contributed by atoms with Crippen molar-refractivity contribution in [3.8, 4) is 5.88 Å². The second kappa shape index (κ2) is 6.13. The number of carbonyl (C=O) groups is 1. The average Bonchev–Trinajstić information content (AvgIpc) is 3.00. The molecule has 7 nitrogen and oxygen atoms in total.